The van der Waals surface area contributed by atoms with Crippen LogP contribution < -0.4 is 20.1 Å². The molecule has 0 unspecified atom stereocenters. The number of halogens is 7. The molecule has 0 spiro atoms. The average molecular weight is 709 g/mol. The van der Waals surface area contributed by atoms with Gasteiger partial charge in [-0.1, -0.05) is 29.8 Å². The molecule has 0 aliphatic carbocycles. The third kappa shape index (κ3) is 5.16. The molecule has 2 aromatic carbocycles. The number of nitrogens with two attached hydrogens (primary N) is 1. The largest absolute Gasteiger partial charge is 0.489 e. The van der Waals surface area contributed by atoms with E-state index in [1.54, 1.807) is 0 Å². The van der Waals surface area contributed by atoms with Crippen LogP contribution >= 0.6 is 22.9 Å². The van der Waals surface area contributed by atoms with Gasteiger partial charge in [0.1, 0.15) is 36.4 Å². The molecule has 0 saturated carbocycles. The van der Waals surface area contributed by atoms with Crippen molar-refractivity contribution >= 4 is 60.4 Å². The van der Waals surface area contributed by atoms with Crippen LogP contribution in [-0.2, 0) is 0 Å². The maximum absolute atomic E-state index is 17.0. The Morgan fingerprint density at radius 3 is 2.75 bits per heavy atom. The molecule has 0 amide bonds. The van der Waals surface area contributed by atoms with Crippen LogP contribution in [0.4, 0.5) is 42.8 Å². The number of fused-ring (bicyclic) bond motifs is 2. The summed E-state index contributed by atoms with van der Waals surface area (Å²) in [6, 6.07) is 0.169. The summed E-state index contributed by atoms with van der Waals surface area (Å²) < 4.78 is 99.9. The van der Waals surface area contributed by atoms with Gasteiger partial charge in [0.25, 0.3) is 6.43 Å². The third-order valence-electron chi connectivity index (χ3n) is 9.27. The van der Waals surface area contributed by atoms with E-state index in [9.17, 15) is 22.0 Å². The fourth-order valence-corrected chi connectivity index (χ4v) is 8.42. The third-order valence-corrected chi connectivity index (χ3v) is 10.6. The molecule has 2 N–H and O–H groups in total. The van der Waals surface area contributed by atoms with Crippen molar-refractivity contribution in [1.29, 1.82) is 0 Å². The molecule has 16 heteroatoms. The van der Waals surface area contributed by atoms with E-state index in [2.05, 4.69) is 26.3 Å². The Morgan fingerprint density at radius 1 is 1.23 bits per heavy atom. The predicted octanol–water partition coefficient (Wildman–Crippen LogP) is 8.24. The van der Waals surface area contributed by atoms with Gasteiger partial charge < -0.3 is 20.1 Å². The summed E-state index contributed by atoms with van der Waals surface area (Å²) in [5.74, 6) is -2.34. The number of aromatic nitrogens is 2. The molecule has 2 saturated heterocycles. The highest BCUT2D eigenvalue weighted by Crippen LogP contribution is 2.53. The summed E-state index contributed by atoms with van der Waals surface area (Å²) >= 11 is 7.63. The van der Waals surface area contributed by atoms with Crippen molar-refractivity contribution in [2.24, 2.45) is 0 Å². The maximum atomic E-state index is 17.0. The van der Waals surface area contributed by atoms with E-state index in [1.807, 2.05) is 0 Å². The van der Waals surface area contributed by atoms with Crippen molar-refractivity contribution in [3.63, 3.8) is 0 Å². The highest BCUT2D eigenvalue weighted by atomic mass is 35.5. The van der Waals surface area contributed by atoms with E-state index in [0.29, 0.717) is 13.0 Å². The highest BCUT2D eigenvalue weighted by Gasteiger charge is 2.47. The van der Waals surface area contributed by atoms with Crippen molar-refractivity contribution in [2.45, 2.75) is 50.1 Å². The molecule has 2 atom stereocenters. The molecule has 0 radical (unpaired) electrons. The van der Waals surface area contributed by atoms with Crippen LogP contribution in [0, 0.1) is 18.2 Å². The van der Waals surface area contributed by atoms with E-state index >= 15 is 4.39 Å². The van der Waals surface area contributed by atoms with Crippen molar-refractivity contribution in [1.82, 2.24) is 14.9 Å². The van der Waals surface area contributed by atoms with Gasteiger partial charge in [0.15, 0.2) is 11.6 Å². The Kier molecular flexibility index (Phi) is 8.24. The topological polar surface area (TPSA) is 81.1 Å². The summed E-state index contributed by atoms with van der Waals surface area (Å²) in [4.78, 5) is 15.4. The Morgan fingerprint density at radius 2 is 2.02 bits per heavy atom. The zero-order chi connectivity index (χ0) is 34.1. The number of hydrogen-bond donors (Lipinski definition) is 1. The molecule has 2 fully saturated rings. The molecule has 3 aliphatic heterocycles. The minimum Gasteiger partial charge on any atom is -0.489 e. The molecular weight excluding hydrogens is 682 g/mol. The minimum absolute atomic E-state index is 0.00253. The molecule has 48 heavy (non-hydrogen) atoms. The number of hydrogen-bond acceptors (Lipinski definition) is 8. The van der Waals surface area contributed by atoms with Crippen molar-refractivity contribution in [2.75, 3.05) is 43.5 Å². The normalized spacial score (nSPS) is 21.0. The van der Waals surface area contributed by atoms with Crippen LogP contribution in [0.3, 0.4) is 0 Å². The van der Waals surface area contributed by atoms with Gasteiger partial charge in [0, 0.05) is 30.5 Å². The predicted molar refractivity (Wildman–Crippen MR) is 172 cm³/mol. The molecule has 7 rings (SSSR count). The Labute approximate surface area is 279 Å². The second-order valence-electron chi connectivity index (χ2n) is 12.2. The van der Waals surface area contributed by atoms with Crippen molar-refractivity contribution in [3.05, 3.63) is 52.4 Å². The fourth-order valence-electron chi connectivity index (χ4n) is 7.15. The minimum atomic E-state index is -3.09. The van der Waals surface area contributed by atoms with E-state index in [4.69, 9.17) is 33.4 Å². The number of nitrogen functional groups attached to an aromatic ring is 1. The standard InChI is InChI=1S/C32H27ClF6N6O2S/c1-14-10-32(7-3-8-44(32)11-14)13-47-31-42-24-21-26(46-12-17(28(38)39)45(30(21)43-31)9-6-18(35)36)22(33)19(23(24)37)15-4-5-16(34)27-20(15)25(41-2)29(40)48-27/h4-5,17-18,28H,1,3,6-13,40H2/t17-,32-/m0/s1. The Balaban J connectivity index is 1.47. The highest BCUT2D eigenvalue weighted by molar-refractivity contribution is 7.23. The van der Waals surface area contributed by atoms with Gasteiger partial charge >= 0.3 is 6.01 Å². The van der Waals surface area contributed by atoms with Crippen LogP contribution in [0.2, 0.25) is 5.02 Å². The zero-order valence-corrected chi connectivity index (χ0v) is 26.7. The number of anilines is 2. The van der Waals surface area contributed by atoms with Crippen LogP contribution in [0.5, 0.6) is 11.8 Å². The van der Waals surface area contributed by atoms with Crippen molar-refractivity contribution < 1.29 is 35.8 Å². The lowest BCUT2D eigenvalue weighted by molar-refractivity contribution is 0.0818. The molecule has 8 nitrogen and oxygen atoms in total. The number of ether oxygens (including phenoxy) is 2. The zero-order valence-electron chi connectivity index (χ0n) is 25.1. The summed E-state index contributed by atoms with van der Waals surface area (Å²) in [7, 11) is 0. The second kappa shape index (κ2) is 12.2. The molecule has 4 aromatic rings. The summed E-state index contributed by atoms with van der Waals surface area (Å²) in [5.41, 5.74) is 5.73. The van der Waals surface area contributed by atoms with Gasteiger partial charge in [0.2, 0.25) is 12.1 Å². The van der Waals surface area contributed by atoms with Gasteiger partial charge in [0.05, 0.1) is 32.2 Å². The Bertz CT molecular complexity index is 2020. The lowest BCUT2D eigenvalue weighted by Gasteiger charge is -2.32. The first-order valence-electron chi connectivity index (χ1n) is 15.0. The van der Waals surface area contributed by atoms with E-state index in [1.165, 1.54) is 6.07 Å². The molecular formula is C32H27ClF6N6O2S. The van der Waals surface area contributed by atoms with Gasteiger partial charge in [-0.3, -0.25) is 4.90 Å². The number of thiophene rings is 1. The van der Waals surface area contributed by atoms with Crippen molar-refractivity contribution in [3.8, 4) is 22.9 Å². The Hall–Kier alpha value is -4.00. The van der Waals surface area contributed by atoms with Gasteiger partial charge in [-0.05, 0) is 37.4 Å². The summed E-state index contributed by atoms with van der Waals surface area (Å²) in [6.07, 6.45) is -4.35. The monoisotopic (exact) mass is 708 g/mol. The van der Waals surface area contributed by atoms with E-state index in [0.717, 1.165) is 47.3 Å². The van der Waals surface area contributed by atoms with Crippen LogP contribution in [0.25, 0.3) is 37.0 Å². The van der Waals surface area contributed by atoms with Crippen LogP contribution in [0.15, 0.2) is 24.3 Å². The SMILES string of the molecule is [C-]#[N+]c1c(N)sc2c(F)ccc(-c3c(Cl)c4c5c(nc(OC[C@@]67CCCN6CC(=C)C7)nc5c3F)N(CCC(F)F)[C@H](C(F)F)CO4)c12. The van der Waals surface area contributed by atoms with E-state index in [-0.39, 0.29) is 66.5 Å². The summed E-state index contributed by atoms with van der Waals surface area (Å²) in [6.45, 7) is 12.1. The molecule has 2 aromatic heterocycles. The lowest BCUT2D eigenvalue weighted by atomic mass is 9.94. The molecule has 5 heterocycles. The second-order valence-corrected chi connectivity index (χ2v) is 13.6. The molecule has 3 aliphatic rings. The van der Waals surface area contributed by atoms with Gasteiger partial charge in [-0.15, -0.1) is 11.3 Å². The van der Waals surface area contributed by atoms with Gasteiger partial charge in [-0.25, -0.2) is 31.2 Å². The average Bonchev–Trinajstić information content (AvgIpc) is 3.64. The first kappa shape index (κ1) is 32.5. The quantitative estimate of drug-likeness (QED) is 0.112. The van der Waals surface area contributed by atoms with E-state index < -0.39 is 61.2 Å². The first-order chi connectivity index (χ1) is 22.9. The molecule has 0 bridgehead atoms. The van der Waals surface area contributed by atoms with Crippen LogP contribution in [0.1, 0.15) is 25.7 Å². The smallest absolute Gasteiger partial charge is 0.319 e. The van der Waals surface area contributed by atoms with Gasteiger partial charge in [-0.2, -0.15) is 9.97 Å². The van der Waals surface area contributed by atoms with Crippen LogP contribution in [-0.4, -0.2) is 72.1 Å². The molecule has 252 valence electrons. The fraction of sp³-hybridized carbons (Fsp3) is 0.406. The number of nitrogens with zero attached hydrogens (tertiary/aromatic N) is 5. The number of benzene rings is 2. The maximum Gasteiger partial charge on any atom is 0.319 e. The number of alkyl halides is 4. The summed E-state index contributed by atoms with van der Waals surface area (Å²) in [5, 5.41) is -0.594. The number of rotatable bonds is 8. The first-order valence-corrected chi connectivity index (χ1v) is 16.2. The lowest BCUT2D eigenvalue weighted by Crippen LogP contribution is -2.45.